The molecule has 8 heteroatoms. The predicted molar refractivity (Wildman–Crippen MR) is 146 cm³/mol. The molecule has 206 valence electrons. The first-order chi connectivity index (χ1) is 18.4. The van der Waals surface area contributed by atoms with Crippen molar-refractivity contribution in [3.63, 3.8) is 0 Å². The number of aromatic hydroxyl groups is 1. The number of nitrogens with zero attached hydrogens (tertiary/aromatic N) is 2. The van der Waals surface area contributed by atoms with E-state index in [1.165, 1.54) is 11.1 Å². The van der Waals surface area contributed by atoms with Crippen molar-refractivity contribution in [1.82, 2.24) is 15.1 Å². The standard InChI is InChI=1S/C30H41N3O5/c1-6-18-17-32-9-7-20-14-28(37-4)29(38-5)16-22(20)24(32)11-21(18)12-25-23-15-27(36-3)26(34)13-19(23)8-10-33(25)30(35)31-2/h13-16,18,21,24-25,34H,6-12,17H2,1-5H3,(H,31,35)/t18-,21-,24+,25+/m1/s1. The molecule has 1 saturated heterocycles. The number of methoxy groups -OCH3 is 3. The molecule has 0 bridgehead atoms. The number of urea groups is 1. The first kappa shape index (κ1) is 26.5. The molecule has 3 aliphatic heterocycles. The fourth-order valence-electron chi connectivity index (χ4n) is 7.07. The first-order valence-electron chi connectivity index (χ1n) is 13.8. The molecule has 0 radical (unpaired) electrons. The first-order valence-corrected chi connectivity index (χ1v) is 13.8. The van der Waals surface area contributed by atoms with Crippen molar-refractivity contribution in [3.8, 4) is 23.0 Å². The van der Waals surface area contributed by atoms with Gasteiger partial charge in [0.1, 0.15) is 0 Å². The van der Waals surface area contributed by atoms with E-state index >= 15 is 0 Å². The number of benzene rings is 2. The third kappa shape index (κ3) is 4.64. The lowest BCUT2D eigenvalue weighted by Gasteiger charge is -2.49. The zero-order valence-corrected chi connectivity index (χ0v) is 23.3. The van der Waals surface area contributed by atoms with E-state index in [2.05, 4.69) is 29.3 Å². The van der Waals surface area contributed by atoms with Crippen LogP contribution in [0.5, 0.6) is 23.0 Å². The highest BCUT2D eigenvalue weighted by atomic mass is 16.5. The summed E-state index contributed by atoms with van der Waals surface area (Å²) in [5.74, 6) is 3.15. The van der Waals surface area contributed by atoms with Crippen LogP contribution in [0.4, 0.5) is 4.79 Å². The van der Waals surface area contributed by atoms with Crippen molar-refractivity contribution >= 4 is 6.03 Å². The number of carbonyl (C=O) groups excluding carboxylic acids is 1. The second-order valence-corrected chi connectivity index (χ2v) is 10.8. The molecule has 38 heavy (non-hydrogen) atoms. The van der Waals surface area contributed by atoms with E-state index in [9.17, 15) is 9.90 Å². The molecule has 2 aromatic rings. The maximum Gasteiger partial charge on any atom is 0.317 e. The molecular weight excluding hydrogens is 482 g/mol. The Bertz CT molecular complexity index is 1180. The molecule has 2 amide bonds. The molecule has 8 nitrogen and oxygen atoms in total. The van der Waals surface area contributed by atoms with Gasteiger partial charge in [-0.25, -0.2) is 4.79 Å². The Labute approximate surface area is 225 Å². The molecule has 3 heterocycles. The third-order valence-corrected chi connectivity index (χ3v) is 9.10. The minimum atomic E-state index is -0.0766. The van der Waals surface area contributed by atoms with E-state index < -0.39 is 0 Å². The Balaban J connectivity index is 1.50. The number of phenolic OH excluding ortho intramolecular Hbond substituents is 1. The highest BCUT2D eigenvalue weighted by Gasteiger charge is 2.42. The van der Waals surface area contributed by atoms with Crippen LogP contribution < -0.4 is 19.5 Å². The quantitative estimate of drug-likeness (QED) is 0.572. The Morgan fingerprint density at radius 1 is 0.947 bits per heavy atom. The maximum atomic E-state index is 13.0. The van der Waals surface area contributed by atoms with Gasteiger partial charge in [0.2, 0.25) is 0 Å². The number of amides is 2. The topological polar surface area (TPSA) is 83.5 Å². The summed E-state index contributed by atoms with van der Waals surface area (Å²) < 4.78 is 16.7. The molecule has 0 unspecified atom stereocenters. The summed E-state index contributed by atoms with van der Waals surface area (Å²) in [5, 5.41) is 13.3. The van der Waals surface area contributed by atoms with E-state index in [1.807, 2.05) is 17.0 Å². The van der Waals surface area contributed by atoms with Crippen LogP contribution >= 0.6 is 0 Å². The molecule has 2 aromatic carbocycles. The van der Waals surface area contributed by atoms with Gasteiger partial charge in [0.05, 0.1) is 27.4 Å². The van der Waals surface area contributed by atoms with Crippen molar-refractivity contribution < 1.29 is 24.1 Å². The number of phenols is 1. The van der Waals surface area contributed by atoms with E-state index in [4.69, 9.17) is 14.2 Å². The van der Waals surface area contributed by atoms with Gasteiger partial charge in [0.25, 0.3) is 0 Å². The van der Waals surface area contributed by atoms with E-state index in [1.54, 1.807) is 28.4 Å². The monoisotopic (exact) mass is 523 g/mol. The van der Waals surface area contributed by atoms with Crippen LogP contribution in [0.3, 0.4) is 0 Å². The normalized spacial score (nSPS) is 24.6. The summed E-state index contributed by atoms with van der Waals surface area (Å²) in [6.45, 7) is 5.01. The minimum Gasteiger partial charge on any atom is -0.504 e. The van der Waals surface area contributed by atoms with Gasteiger partial charge in [0.15, 0.2) is 23.0 Å². The lowest BCUT2D eigenvalue weighted by Crippen LogP contribution is -2.48. The van der Waals surface area contributed by atoms with Gasteiger partial charge in [-0.1, -0.05) is 13.3 Å². The summed E-state index contributed by atoms with van der Waals surface area (Å²) >= 11 is 0. The SMILES string of the molecule is CC[C@@H]1CN2CCc3cc(OC)c(OC)cc3[C@@H]2C[C@@H]1C[C@H]1c2cc(OC)c(O)cc2CCN1C(=O)NC. The average Bonchev–Trinajstić information content (AvgIpc) is 2.95. The Hall–Kier alpha value is -3.13. The average molecular weight is 524 g/mol. The largest absolute Gasteiger partial charge is 0.504 e. The van der Waals surface area contributed by atoms with Gasteiger partial charge < -0.3 is 29.5 Å². The molecule has 5 rings (SSSR count). The molecule has 0 saturated carbocycles. The number of nitrogens with one attached hydrogen (secondary N) is 1. The fourth-order valence-corrected chi connectivity index (χ4v) is 7.07. The molecule has 4 atom stereocenters. The van der Waals surface area contributed by atoms with Crippen molar-refractivity contribution in [2.45, 2.75) is 51.1 Å². The summed E-state index contributed by atoms with van der Waals surface area (Å²) in [6, 6.07) is 8.26. The minimum absolute atomic E-state index is 0.0574. The molecule has 0 aliphatic carbocycles. The van der Waals surface area contributed by atoms with Gasteiger partial charge in [-0.15, -0.1) is 0 Å². The smallest absolute Gasteiger partial charge is 0.317 e. The van der Waals surface area contributed by atoms with Gasteiger partial charge in [-0.3, -0.25) is 4.90 Å². The van der Waals surface area contributed by atoms with Crippen LogP contribution in [0, 0.1) is 11.8 Å². The van der Waals surface area contributed by atoms with Crippen molar-refractivity contribution in [1.29, 1.82) is 0 Å². The lowest BCUT2D eigenvalue weighted by atomic mass is 9.72. The van der Waals surface area contributed by atoms with Crippen LogP contribution in [0.15, 0.2) is 24.3 Å². The third-order valence-electron chi connectivity index (χ3n) is 9.10. The fraction of sp³-hybridized carbons (Fsp3) is 0.567. The highest BCUT2D eigenvalue weighted by molar-refractivity contribution is 5.75. The van der Waals surface area contributed by atoms with Crippen molar-refractivity contribution in [2.24, 2.45) is 11.8 Å². The van der Waals surface area contributed by atoms with Gasteiger partial charge in [-0.2, -0.15) is 0 Å². The van der Waals surface area contributed by atoms with Crippen molar-refractivity contribution in [2.75, 3.05) is 48.0 Å². The molecule has 1 fully saturated rings. The number of piperidine rings is 1. The van der Waals surface area contributed by atoms with Gasteiger partial charge in [-0.05, 0) is 84.0 Å². The summed E-state index contributed by atoms with van der Waals surface area (Å²) in [5.41, 5.74) is 4.86. The molecular formula is C30H41N3O5. The van der Waals surface area contributed by atoms with E-state index in [-0.39, 0.29) is 17.8 Å². The van der Waals surface area contributed by atoms with Crippen LogP contribution in [0.2, 0.25) is 0 Å². The van der Waals surface area contributed by atoms with Crippen LogP contribution in [0.1, 0.15) is 60.5 Å². The molecule has 0 aromatic heterocycles. The highest BCUT2D eigenvalue weighted by Crippen LogP contribution is 2.49. The number of hydrogen-bond acceptors (Lipinski definition) is 6. The number of rotatable bonds is 6. The Kier molecular flexibility index (Phi) is 7.61. The molecule has 3 aliphatic rings. The van der Waals surface area contributed by atoms with Crippen molar-refractivity contribution in [3.05, 3.63) is 46.5 Å². The zero-order valence-electron chi connectivity index (χ0n) is 23.3. The Morgan fingerprint density at radius 3 is 2.29 bits per heavy atom. The van der Waals surface area contributed by atoms with E-state index in [0.717, 1.165) is 61.4 Å². The second-order valence-electron chi connectivity index (χ2n) is 10.8. The number of hydrogen-bond donors (Lipinski definition) is 2. The number of ether oxygens (including phenoxy) is 3. The lowest BCUT2D eigenvalue weighted by molar-refractivity contribution is 0.0352. The Morgan fingerprint density at radius 2 is 1.61 bits per heavy atom. The number of carbonyl (C=O) groups is 1. The van der Waals surface area contributed by atoms with Crippen LogP contribution in [0.25, 0.3) is 0 Å². The molecule has 2 N–H and O–H groups in total. The van der Waals surface area contributed by atoms with E-state index in [0.29, 0.717) is 36.6 Å². The van der Waals surface area contributed by atoms with Gasteiger partial charge in [0, 0.05) is 32.7 Å². The summed E-state index contributed by atoms with van der Waals surface area (Å²) in [6.07, 6.45) is 4.73. The number of fused-ring (bicyclic) bond motifs is 4. The summed E-state index contributed by atoms with van der Waals surface area (Å²) in [4.78, 5) is 17.6. The maximum absolute atomic E-state index is 13.0. The summed E-state index contributed by atoms with van der Waals surface area (Å²) in [7, 11) is 6.65. The zero-order chi connectivity index (χ0) is 27.0. The molecule has 0 spiro atoms. The predicted octanol–water partition coefficient (Wildman–Crippen LogP) is 4.69. The van der Waals surface area contributed by atoms with Crippen LogP contribution in [-0.2, 0) is 12.8 Å². The second kappa shape index (κ2) is 10.9. The van der Waals surface area contributed by atoms with Crippen LogP contribution in [-0.4, -0.2) is 68.9 Å². The van der Waals surface area contributed by atoms with Gasteiger partial charge >= 0.3 is 6.03 Å².